The molecule has 15 heavy (non-hydrogen) atoms. The van der Waals surface area contributed by atoms with Gasteiger partial charge in [-0.2, -0.15) is 0 Å². The molecule has 0 spiro atoms. The normalized spacial score (nSPS) is 10.3. The Bertz CT molecular complexity index is 495. The van der Waals surface area contributed by atoms with Gasteiger partial charge in [-0.3, -0.25) is 0 Å². The lowest BCUT2D eigenvalue weighted by Gasteiger charge is -2.06. The second kappa shape index (κ2) is 4.45. The molecule has 0 fully saturated rings. The summed E-state index contributed by atoms with van der Waals surface area (Å²) in [7, 11) is 0. The van der Waals surface area contributed by atoms with Crippen molar-refractivity contribution in [3.8, 4) is 11.1 Å². The molecule has 0 bridgehead atoms. The Labute approximate surface area is 106 Å². The molecule has 0 radical (unpaired) electrons. The number of rotatable bonds is 1. The van der Waals surface area contributed by atoms with Crippen LogP contribution in [0.15, 0.2) is 45.6 Å². The van der Waals surface area contributed by atoms with Gasteiger partial charge in [0.2, 0.25) is 0 Å². The Morgan fingerprint density at radius 1 is 1.13 bits per heavy atom. The number of halogens is 2. The maximum Gasteiger partial charge on any atom is 0.120 e. The van der Waals surface area contributed by atoms with E-state index in [4.69, 9.17) is 0 Å². The van der Waals surface area contributed by atoms with Crippen molar-refractivity contribution in [3.63, 3.8) is 0 Å². The van der Waals surface area contributed by atoms with Crippen LogP contribution in [0.1, 0.15) is 5.56 Å². The molecule has 0 amide bonds. The second-order valence-corrected chi connectivity index (χ2v) is 4.88. The number of hydrogen-bond donors (Lipinski definition) is 0. The van der Waals surface area contributed by atoms with E-state index < -0.39 is 0 Å². The Kier molecular flexibility index (Phi) is 3.22. The van der Waals surface area contributed by atoms with Crippen LogP contribution >= 0.6 is 31.9 Å². The molecule has 1 nitrogen and oxygen atoms in total. The number of benzene rings is 1. The third-order valence-corrected chi connectivity index (χ3v) is 4.11. The minimum Gasteiger partial charge on any atom is -0.248 e. The van der Waals surface area contributed by atoms with Crippen molar-refractivity contribution in [2.75, 3.05) is 0 Å². The van der Waals surface area contributed by atoms with E-state index in [0.29, 0.717) is 0 Å². The smallest absolute Gasteiger partial charge is 0.120 e. The average Bonchev–Trinajstić information content (AvgIpc) is 2.22. The van der Waals surface area contributed by atoms with E-state index in [9.17, 15) is 0 Å². The van der Waals surface area contributed by atoms with E-state index in [1.165, 1.54) is 11.1 Å². The van der Waals surface area contributed by atoms with Crippen LogP contribution in [0.25, 0.3) is 11.1 Å². The van der Waals surface area contributed by atoms with Crippen LogP contribution < -0.4 is 0 Å². The van der Waals surface area contributed by atoms with Gasteiger partial charge in [-0.25, -0.2) is 4.98 Å². The van der Waals surface area contributed by atoms with E-state index in [0.717, 1.165) is 14.6 Å². The average molecular weight is 327 g/mol. The fraction of sp³-hybridized carbons (Fsp3) is 0.0833. The van der Waals surface area contributed by atoms with Crippen LogP contribution in [0, 0.1) is 6.92 Å². The third kappa shape index (κ3) is 2.29. The highest BCUT2D eigenvalue weighted by atomic mass is 79.9. The van der Waals surface area contributed by atoms with E-state index >= 15 is 0 Å². The zero-order valence-corrected chi connectivity index (χ0v) is 11.3. The second-order valence-electron chi connectivity index (χ2n) is 3.33. The Morgan fingerprint density at radius 2 is 1.93 bits per heavy atom. The maximum atomic E-state index is 4.16. The van der Waals surface area contributed by atoms with Crippen molar-refractivity contribution < 1.29 is 0 Å². The Morgan fingerprint density at radius 3 is 2.67 bits per heavy atom. The molecule has 0 unspecified atom stereocenters. The Hall–Kier alpha value is -0.670. The minimum absolute atomic E-state index is 0.835. The maximum absolute atomic E-state index is 4.16. The van der Waals surface area contributed by atoms with Crippen LogP contribution in [-0.4, -0.2) is 4.98 Å². The summed E-state index contributed by atoms with van der Waals surface area (Å²) >= 11 is 6.94. The van der Waals surface area contributed by atoms with Crippen molar-refractivity contribution in [2.45, 2.75) is 6.92 Å². The number of nitrogens with zero attached hydrogens (tertiary/aromatic N) is 1. The summed E-state index contributed by atoms with van der Waals surface area (Å²) in [6.45, 7) is 2.09. The van der Waals surface area contributed by atoms with Gasteiger partial charge in [0.05, 0.1) is 4.47 Å². The molecule has 0 atom stereocenters. The first kappa shape index (κ1) is 10.8. The quantitative estimate of drug-likeness (QED) is 0.699. The van der Waals surface area contributed by atoms with Crippen molar-refractivity contribution in [1.82, 2.24) is 4.98 Å². The lowest BCUT2D eigenvalue weighted by atomic mass is 10.1. The van der Waals surface area contributed by atoms with Crippen molar-refractivity contribution in [3.05, 3.63) is 51.2 Å². The summed E-state index contributed by atoms with van der Waals surface area (Å²) < 4.78 is 1.83. The van der Waals surface area contributed by atoms with Gasteiger partial charge in [0.15, 0.2) is 0 Å². The van der Waals surface area contributed by atoms with Crippen LogP contribution in [-0.2, 0) is 0 Å². The summed E-state index contributed by atoms with van der Waals surface area (Å²) in [5, 5.41) is 0. The minimum atomic E-state index is 0.835. The van der Waals surface area contributed by atoms with Crippen LogP contribution in [0.4, 0.5) is 0 Å². The molecule has 1 aromatic carbocycles. The highest BCUT2D eigenvalue weighted by Crippen LogP contribution is 2.32. The standard InChI is InChI=1S/C12H9Br2N/c1-8-3-2-4-9(7-8)10-5-6-15-12(14)11(10)13/h2-7H,1H3. The molecule has 0 aliphatic carbocycles. The van der Waals surface area contributed by atoms with Gasteiger partial charge < -0.3 is 0 Å². The van der Waals surface area contributed by atoms with Gasteiger partial charge in [0, 0.05) is 11.8 Å². The molecular weight excluding hydrogens is 318 g/mol. The summed E-state index contributed by atoms with van der Waals surface area (Å²) in [4.78, 5) is 4.16. The first-order valence-electron chi connectivity index (χ1n) is 4.55. The molecule has 0 N–H and O–H groups in total. The number of aromatic nitrogens is 1. The first-order valence-corrected chi connectivity index (χ1v) is 6.14. The molecule has 2 rings (SSSR count). The number of pyridine rings is 1. The molecule has 0 aliphatic heterocycles. The lowest BCUT2D eigenvalue weighted by Crippen LogP contribution is -1.84. The fourth-order valence-electron chi connectivity index (χ4n) is 1.45. The molecule has 1 aromatic heterocycles. The van der Waals surface area contributed by atoms with E-state index in [1.54, 1.807) is 6.20 Å². The van der Waals surface area contributed by atoms with Crippen LogP contribution in [0.2, 0.25) is 0 Å². The van der Waals surface area contributed by atoms with Gasteiger partial charge >= 0.3 is 0 Å². The van der Waals surface area contributed by atoms with Crippen molar-refractivity contribution in [1.29, 1.82) is 0 Å². The zero-order chi connectivity index (χ0) is 10.8. The topological polar surface area (TPSA) is 12.9 Å². The fourth-order valence-corrected chi connectivity index (χ4v) is 2.25. The van der Waals surface area contributed by atoms with Gasteiger partial charge in [-0.1, -0.05) is 29.8 Å². The molecule has 0 saturated carbocycles. The lowest BCUT2D eigenvalue weighted by molar-refractivity contribution is 1.26. The summed E-state index contributed by atoms with van der Waals surface area (Å²) in [5.41, 5.74) is 3.61. The molecule has 1 heterocycles. The monoisotopic (exact) mass is 325 g/mol. The predicted molar refractivity (Wildman–Crippen MR) is 69.8 cm³/mol. The molecule has 0 aliphatic rings. The molecule has 0 saturated heterocycles. The van der Waals surface area contributed by atoms with Crippen LogP contribution in [0.5, 0.6) is 0 Å². The van der Waals surface area contributed by atoms with E-state index in [-0.39, 0.29) is 0 Å². The molecule has 2 aromatic rings. The molecule has 76 valence electrons. The van der Waals surface area contributed by atoms with Crippen molar-refractivity contribution in [2.24, 2.45) is 0 Å². The van der Waals surface area contributed by atoms with Gasteiger partial charge in [-0.05, 0) is 50.4 Å². The largest absolute Gasteiger partial charge is 0.248 e. The summed E-state index contributed by atoms with van der Waals surface area (Å²) in [6.07, 6.45) is 1.80. The molecule has 3 heteroatoms. The predicted octanol–water partition coefficient (Wildman–Crippen LogP) is 4.58. The first-order chi connectivity index (χ1) is 7.18. The number of hydrogen-bond acceptors (Lipinski definition) is 1. The third-order valence-electron chi connectivity index (χ3n) is 2.18. The van der Waals surface area contributed by atoms with Gasteiger partial charge in [0.25, 0.3) is 0 Å². The number of aryl methyl sites for hydroxylation is 1. The van der Waals surface area contributed by atoms with Crippen LogP contribution in [0.3, 0.4) is 0 Å². The Balaban J connectivity index is 2.59. The highest BCUT2D eigenvalue weighted by Gasteiger charge is 2.06. The summed E-state index contributed by atoms with van der Waals surface area (Å²) in [5.74, 6) is 0. The SMILES string of the molecule is Cc1cccc(-c2ccnc(Br)c2Br)c1. The summed E-state index contributed by atoms with van der Waals surface area (Å²) in [6, 6.07) is 10.4. The van der Waals surface area contributed by atoms with Crippen molar-refractivity contribution >= 4 is 31.9 Å². The highest BCUT2D eigenvalue weighted by molar-refractivity contribution is 9.13. The zero-order valence-electron chi connectivity index (χ0n) is 8.17. The van der Waals surface area contributed by atoms with E-state index in [2.05, 4.69) is 68.0 Å². The van der Waals surface area contributed by atoms with E-state index in [1.807, 2.05) is 6.07 Å². The van der Waals surface area contributed by atoms with Gasteiger partial charge in [0.1, 0.15) is 4.60 Å². The van der Waals surface area contributed by atoms with Gasteiger partial charge in [-0.15, -0.1) is 0 Å². The molecular formula is C12H9Br2N.